The van der Waals surface area contributed by atoms with Crippen molar-refractivity contribution in [1.29, 1.82) is 0 Å². The average Bonchev–Trinajstić information content (AvgIpc) is 3.21. The van der Waals surface area contributed by atoms with E-state index in [0.29, 0.717) is 16.5 Å². The first-order valence-corrected chi connectivity index (χ1v) is 7.40. The van der Waals surface area contributed by atoms with Crippen LogP contribution in [0.4, 0.5) is 5.69 Å². The van der Waals surface area contributed by atoms with E-state index in [9.17, 15) is 0 Å². The van der Waals surface area contributed by atoms with E-state index >= 15 is 0 Å². The van der Waals surface area contributed by atoms with Gasteiger partial charge in [-0.25, -0.2) is 0 Å². The zero-order valence-corrected chi connectivity index (χ0v) is 10.8. The molecule has 3 nitrogen and oxygen atoms in total. The summed E-state index contributed by atoms with van der Waals surface area (Å²) in [5, 5.41) is 3.34. The van der Waals surface area contributed by atoms with Gasteiger partial charge in [-0.1, -0.05) is 24.3 Å². The van der Waals surface area contributed by atoms with Gasteiger partial charge in [0.1, 0.15) is 0 Å². The molecule has 2 fully saturated rings. The van der Waals surface area contributed by atoms with Crippen molar-refractivity contribution >= 4 is 17.4 Å². The SMILES string of the molecule is Nc1ccc(C2ON2C2SC3C=CC2CC3)cc1. The van der Waals surface area contributed by atoms with Gasteiger partial charge in [-0.3, -0.25) is 4.84 Å². The summed E-state index contributed by atoms with van der Waals surface area (Å²) in [7, 11) is 0. The molecule has 18 heavy (non-hydrogen) atoms. The molecule has 0 amide bonds. The van der Waals surface area contributed by atoms with Crippen molar-refractivity contribution in [2.24, 2.45) is 5.92 Å². The number of thioether (sulfide) groups is 1. The van der Waals surface area contributed by atoms with Crippen LogP contribution in [0.25, 0.3) is 0 Å². The van der Waals surface area contributed by atoms with Gasteiger partial charge in [0.25, 0.3) is 0 Å². The van der Waals surface area contributed by atoms with E-state index in [4.69, 9.17) is 10.6 Å². The Morgan fingerprint density at radius 1 is 1.17 bits per heavy atom. The van der Waals surface area contributed by atoms with Gasteiger partial charge < -0.3 is 5.73 Å². The monoisotopic (exact) mass is 260 g/mol. The topological polar surface area (TPSA) is 41.6 Å². The molecule has 1 aromatic carbocycles. The van der Waals surface area contributed by atoms with E-state index < -0.39 is 0 Å². The summed E-state index contributed by atoms with van der Waals surface area (Å²) >= 11 is 2.04. The van der Waals surface area contributed by atoms with E-state index in [0.717, 1.165) is 5.69 Å². The normalized spacial score (nSPS) is 41.0. The predicted molar refractivity (Wildman–Crippen MR) is 73.6 cm³/mol. The van der Waals surface area contributed by atoms with Crippen molar-refractivity contribution in [3.63, 3.8) is 0 Å². The highest BCUT2D eigenvalue weighted by Gasteiger charge is 2.49. The molecule has 2 N–H and O–H groups in total. The van der Waals surface area contributed by atoms with Gasteiger partial charge in [-0.05, 0) is 30.5 Å². The average molecular weight is 260 g/mol. The largest absolute Gasteiger partial charge is 0.399 e. The van der Waals surface area contributed by atoms with Gasteiger partial charge in [0.15, 0.2) is 6.23 Å². The fourth-order valence-electron chi connectivity index (χ4n) is 2.85. The van der Waals surface area contributed by atoms with E-state index in [1.807, 2.05) is 23.9 Å². The van der Waals surface area contributed by atoms with Crippen molar-refractivity contribution in [2.45, 2.75) is 29.7 Å². The van der Waals surface area contributed by atoms with E-state index in [-0.39, 0.29) is 6.23 Å². The molecule has 0 radical (unpaired) electrons. The molecule has 5 atom stereocenters. The second-order valence-corrected chi connectivity index (χ2v) is 6.54. The minimum absolute atomic E-state index is 0.135. The number of hydrogen-bond acceptors (Lipinski definition) is 4. The fraction of sp³-hybridized carbons (Fsp3) is 0.429. The zero-order valence-electron chi connectivity index (χ0n) is 10.0. The molecular formula is C14H16N2OS. The van der Waals surface area contributed by atoms with Gasteiger partial charge in [-0.15, -0.1) is 16.8 Å². The lowest BCUT2D eigenvalue weighted by Gasteiger charge is -2.36. The molecule has 3 heterocycles. The first kappa shape index (κ1) is 10.9. The van der Waals surface area contributed by atoms with Crippen molar-refractivity contribution in [2.75, 3.05) is 5.73 Å². The number of benzene rings is 1. The van der Waals surface area contributed by atoms with E-state index in [1.54, 1.807) is 0 Å². The molecule has 4 aliphatic rings. The number of nitrogen functional groups attached to an aromatic ring is 1. The number of nitrogens with zero attached hydrogens (tertiary/aromatic N) is 1. The Labute approximate surface area is 111 Å². The van der Waals surface area contributed by atoms with Gasteiger partial charge in [0, 0.05) is 16.9 Å². The third kappa shape index (κ3) is 1.76. The molecule has 2 bridgehead atoms. The lowest BCUT2D eigenvalue weighted by atomic mass is 9.94. The summed E-state index contributed by atoms with van der Waals surface area (Å²) in [5.74, 6) is 0.652. The molecule has 1 aromatic rings. The zero-order chi connectivity index (χ0) is 12.1. The van der Waals surface area contributed by atoms with Crippen LogP contribution in [0.15, 0.2) is 36.4 Å². The molecule has 2 saturated heterocycles. The Morgan fingerprint density at radius 3 is 2.61 bits per heavy atom. The van der Waals surface area contributed by atoms with Crippen LogP contribution in [0, 0.1) is 5.92 Å². The number of fused-ring (bicyclic) bond motifs is 2. The fourth-order valence-corrected chi connectivity index (χ4v) is 4.37. The maximum atomic E-state index is 5.77. The number of rotatable bonds is 2. The highest BCUT2D eigenvalue weighted by Crippen LogP contribution is 2.51. The lowest BCUT2D eigenvalue weighted by Crippen LogP contribution is -2.34. The first-order chi connectivity index (χ1) is 8.81. The van der Waals surface area contributed by atoms with E-state index in [1.165, 1.54) is 18.4 Å². The van der Waals surface area contributed by atoms with Crippen LogP contribution in [0.5, 0.6) is 0 Å². The number of nitrogens with two attached hydrogens (primary N) is 1. The van der Waals surface area contributed by atoms with Crippen LogP contribution in [0.1, 0.15) is 24.6 Å². The molecular weight excluding hydrogens is 244 g/mol. The molecule has 3 aliphatic heterocycles. The molecule has 0 aromatic heterocycles. The van der Waals surface area contributed by atoms with Gasteiger partial charge >= 0.3 is 0 Å². The standard InChI is InChI=1S/C14H16N2OS/c15-11-5-1-9(2-6-11)13-16(17-13)14-10-3-7-12(18-14)8-4-10/h1-3,5-7,10,12-14H,4,8,15H2. The van der Waals surface area contributed by atoms with E-state index in [2.05, 4.69) is 29.3 Å². The molecule has 0 saturated carbocycles. The highest BCUT2D eigenvalue weighted by molar-refractivity contribution is 8.00. The van der Waals surface area contributed by atoms with Crippen molar-refractivity contribution in [3.8, 4) is 0 Å². The third-order valence-corrected chi connectivity index (χ3v) is 5.50. The van der Waals surface area contributed by atoms with Gasteiger partial charge in [0.2, 0.25) is 0 Å². The molecule has 4 heteroatoms. The Hall–Kier alpha value is -0.970. The summed E-state index contributed by atoms with van der Waals surface area (Å²) in [6.07, 6.45) is 7.49. The Morgan fingerprint density at radius 2 is 2.00 bits per heavy atom. The van der Waals surface area contributed by atoms with Crippen LogP contribution in [-0.2, 0) is 4.84 Å². The minimum Gasteiger partial charge on any atom is -0.399 e. The molecule has 5 rings (SSSR count). The van der Waals surface area contributed by atoms with Crippen molar-refractivity contribution in [3.05, 3.63) is 42.0 Å². The van der Waals surface area contributed by atoms with Crippen molar-refractivity contribution < 1.29 is 4.84 Å². The number of hydroxylamine groups is 2. The van der Waals surface area contributed by atoms with Gasteiger partial charge in [0.05, 0.1) is 5.37 Å². The van der Waals surface area contributed by atoms with Crippen LogP contribution >= 0.6 is 11.8 Å². The van der Waals surface area contributed by atoms with Crippen LogP contribution in [0.2, 0.25) is 0 Å². The Bertz CT molecular complexity index is 487. The number of anilines is 1. The first-order valence-electron chi connectivity index (χ1n) is 6.45. The molecule has 0 spiro atoms. The summed E-state index contributed by atoms with van der Waals surface area (Å²) in [6, 6.07) is 7.99. The smallest absolute Gasteiger partial charge is 0.181 e. The summed E-state index contributed by atoms with van der Waals surface area (Å²) in [5.41, 5.74) is 7.72. The summed E-state index contributed by atoms with van der Waals surface area (Å²) in [4.78, 5) is 5.77. The maximum Gasteiger partial charge on any atom is 0.181 e. The molecule has 5 unspecified atom stereocenters. The van der Waals surface area contributed by atoms with Gasteiger partial charge in [-0.2, -0.15) is 0 Å². The third-order valence-electron chi connectivity index (χ3n) is 3.92. The Balaban J connectivity index is 1.50. The second-order valence-electron chi connectivity index (χ2n) is 5.18. The van der Waals surface area contributed by atoms with Crippen LogP contribution in [-0.4, -0.2) is 15.7 Å². The summed E-state index contributed by atoms with van der Waals surface area (Å²) < 4.78 is 0. The lowest BCUT2D eigenvalue weighted by molar-refractivity contribution is 0.158. The molecule has 1 aliphatic carbocycles. The minimum atomic E-state index is 0.135. The highest BCUT2D eigenvalue weighted by atomic mass is 32.2. The van der Waals surface area contributed by atoms with Crippen LogP contribution < -0.4 is 5.73 Å². The number of hydrogen-bond donors (Lipinski definition) is 1. The second kappa shape index (κ2) is 4.02. The maximum absolute atomic E-state index is 5.77. The summed E-state index contributed by atoms with van der Waals surface area (Å²) in [6.45, 7) is 0. The predicted octanol–water partition coefficient (Wildman–Crippen LogP) is 2.92. The van der Waals surface area contributed by atoms with Crippen LogP contribution in [0.3, 0.4) is 0 Å². The molecule has 94 valence electrons. The quantitative estimate of drug-likeness (QED) is 0.504. The van der Waals surface area contributed by atoms with Crippen molar-refractivity contribution in [1.82, 2.24) is 5.06 Å². The Kier molecular flexibility index (Phi) is 2.43.